The molecular weight excluding hydrogens is 282 g/mol. The molecule has 104 valence electrons. The summed E-state index contributed by atoms with van der Waals surface area (Å²) in [6.07, 6.45) is 0. The summed E-state index contributed by atoms with van der Waals surface area (Å²) >= 11 is 1.09. The Kier molecular flexibility index (Phi) is 3.83. The molecule has 0 saturated carbocycles. The highest BCUT2D eigenvalue weighted by molar-refractivity contribution is 8.14. The van der Waals surface area contributed by atoms with Crippen molar-refractivity contribution in [3.05, 3.63) is 72.1 Å². The Labute approximate surface area is 126 Å². The van der Waals surface area contributed by atoms with Crippen molar-refractivity contribution in [1.82, 2.24) is 14.8 Å². The molecule has 2 aromatic carbocycles. The van der Waals surface area contributed by atoms with E-state index < -0.39 is 0 Å². The van der Waals surface area contributed by atoms with Crippen LogP contribution in [0.25, 0.3) is 5.69 Å². The van der Waals surface area contributed by atoms with Crippen molar-refractivity contribution in [3.63, 3.8) is 0 Å². The van der Waals surface area contributed by atoms with Crippen molar-refractivity contribution in [2.45, 2.75) is 12.1 Å². The molecule has 0 atom stereocenters. The minimum absolute atomic E-state index is 0.0415. The number of aromatic nitrogens is 3. The molecule has 0 aliphatic heterocycles. The van der Waals surface area contributed by atoms with Crippen molar-refractivity contribution in [3.8, 4) is 5.69 Å². The highest BCUT2D eigenvalue weighted by Gasteiger charge is 2.16. The van der Waals surface area contributed by atoms with E-state index in [0.29, 0.717) is 10.7 Å². The average molecular weight is 295 g/mol. The van der Waals surface area contributed by atoms with Crippen LogP contribution in [-0.2, 0) is 0 Å². The molecule has 0 unspecified atom stereocenters. The summed E-state index contributed by atoms with van der Waals surface area (Å²) in [7, 11) is 0. The molecule has 0 saturated heterocycles. The predicted octanol–water partition coefficient (Wildman–Crippen LogP) is 3.51. The third kappa shape index (κ3) is 2.87. The molecule has 3 aromatic rings. The minimum Gasteiger partial charge on any atom is -0.281 e. The summed E-state index contributed by atoms with van der Waals surface area (Å²) in [6.45, 7) is 1.87. The third-order valence-corrected chi connectivity index (χ3v) is 3.87. The quantitative estimate of drug-likeness (QED) is 0.694. The summed E-state index contributed by atoms with van der Waals surface area (Å²) in [4.78, 5) is 12.3. The zero-order valence-electron chi connectivity index (χ0n) is 11.4. The highest BCUT2D eigenvalue weighted by Crippen LogP contribution is 2.24. The van der Waals surface area contributed by atoms with E-state index in [1.54, 1.807) is 12.1 Å². The molecule has 3 rings (SSSR count). The van der Waals surface area contributed by atoms with Crippen LogP contribution in [0.15, 0.2) is 65.8 Å². The standard InChI is InChI=1S/C16H13N3OS/c1-12-17-18-16(19(12)14-10-6-3-7-11-14)21-15(20)13-8-4-2-5-9-13/h2-11H,1H3. The number of nitrogens with zero attached hydrogens (tertiary/aromatic N) is 3. The van der Waals surface area contributed by atoms with Crippen molar-refractivity contribution < 1.29 is 4.79 Å². The van der Waals surface area contributed by atoms with Gasteiger partial charge in [-0.05, 0) is 30.8 Å². The summed E-state index contributed by atoms with van der Waals surface area (Å²) in [6, 6.07) is 19.0. The number of carbonyl (C=O) groups is 1. The number of hydrogen-bond acceptors (Lipinski definition) is 4. The Morgan fingerprint density at radius 1 is 0.952 bits per heavy atom. The van der Waals surface area contributed by atoms with E-state index >= 15 is 0 Å². The SMILES string of the molecule is Cc1nnc(SC(=O)c2ccccc2)n1-c1ccccc1. The van der Waals surface area contributed by atoms with E-state index in [0.717, 1.165) is 23.3 Å². The second-order valence-electron chi connectivity index (χ2n) is 4.46. The number of hydrogen-bond donors (Lipinski definition) is 0. The van der Waals surface area contributed by atoms with E-state index in [1.807, 2.05) is 60.0 Å². The summed E-state index contributed by atoms with van der Waals surface area (Å²) in [5.74, 6) is 0.754. The Morgan fingerprint density at radius 2 is 1.57 bits per heavy atom. The van der Waals surface area contributed by atoms with Gasteiger partial charge in [0.05, 0.1) is 0 Å². The lowest BCUT2D eigenvalue weighted by Crippen LogP contribution is -2.01. The zero-order valence-corrected chi connectivity index (χ0v) is 12.2. The van der Waals surface area contributed by atoms with E-state index in [2.05, 4.69) is 10.2 Å². The number of carbonyl (C=O) groups excluding carboxylic acids is 1. The lowest BCUT2D eigenvalue weighted by atomic mass is 10.2. The number of rotatable bonds is 3. The van der Waals surface area contributed by atoms with Gasteiger partial charge in [-0.25, -0.2) is 0 Å². The van der Waals surface area contributed by atoms with E-state index in [4.69, 9.17) is 0 Å². The van der Waals surface area contributed by atoms with Gasteiger partial charge in [-0.2, -0.15) is 0 Å². The molecule has 1 aromatic heterocycles. The van der Waals surface area contributed by atoms with Crippen LogP contribution in [0, 0.1) is 6.92 Å². The molecule has 0 amide bonds. The first-order chi connectivity index (χ1) is 10.3. The van der Waals surface area contributed by atoms with Crippen LogP contribution in [0.4, 0.5) is 0 Å². The molecule has 0 aliphatic carbocycles. The van der Waals surface area contributed by atoms with Gasteiger partial charge in [0, 0.05) is 11.3 Å². The number of aryl methyl sites for hydroxylation is 1. The van der Waals surface area contributed by atoms with Crippen LogP contribution >= 0.6 is 11.8 Å². The molecule has 0 N–H and O–H groups in total. The minimum atomic E-state index is -0.0415. The lowest BCUT2D eigenvalue weighted by Gasteiger charge is -2.07. The first-order valence-corrected chi connectivity index (χ1v) is 7.32. The second kappa shape index (κ2) is 5.93. The highest BCUT2D eigenvalue weighted by atomic mass is 32.2. The molecule has 0 spiro atoms. The molecule has 5 heteroatoms. The molecule has 0 bridgehead atoms. The smallest absolute Gasteiger partial charge is 0.227 e. The fraction of sp³-hybridized carbons (Fsp3) is 0.0625. The fourth-order valence-electron chi connectivity index (χ4n) is 2.00. The van der Waals surface area contributed by atoms with Gasteiger partial charge >= 0.3 is 0 Å². The average Bonchev–Trinajstić information content (AvgIpc) is 2.89. The number of para-hydroxylation sites is 1. The Hall–Kier alpha value is -2.40. The number of benzene rings is 2. The van der Waals surface area contributed by atoms with E-state index in [9.17, 15) is 4.79 Å². The molecule has 21 heavy (non-hydrogen) atoms. The van der Waals surface area contributed by atoms with Gasteiger partial charge in [0.2, 0.25) is 10.3 Å². The second-order valence-corrected chi connectivity index (χ2v) is 5.40. The Bertz CT molecular complexity index is 754. The van der Waals surface area contributed by atoms with Gasteiger partial charge in [-0.15, -0.1) is 10.2 Å². The van der Waals surface area contributed by atoms with Gasteiger partial charge in [-0.1, -0.05) is 48.5 Å². The molecular formula is C16H13N3OS. The Morgan fingerprint density at radius 3 is 2.24 bits per heavy atom. The first kappa shape index (κ1) is 13.6. The zero-order chi connectivity index (χ0) is 14.7. The van der Waals surface area contributed by atoms with Gasteiger partial charge in [0.1, 0.15) is 5.82 Å². The van der Waals surface area contributed by atoms with Crippen LogP contribution < -0.4 is 0 Å². The normalized spacial score (nSPS) is 10.5. The van der Waals surface area contributed by atoms with Gasteiger partial charge in [-0.3, -0.25) is 9.36 Å². The van der Waals surface area contributed by atoms with Crippen LogP contribution in [-0.4, -0.2) is 19.9 Å². The third-order valence-electron chi connectivity index (χ3n) is 3.00. The monoisotopic (exact) mass is 295 g/mol. The Balaban J connectivity index is 1.93. The van der Waals surface area contributed by atoms with Crippen LogP contribution in [0.1, 0.15) is 16.2 Å². The topological polar surface area (TPSA) is 47.8 Å². The molecule has 0 radical (unpaired) electrons. The van der Waals surface area contributed by atoms with Crippen molar-refractivity contribution in [2.75, 3.05) is 0 Å². The van der Waals surface area contributed by atoms with Gasteiger partial charge < -0.3 is 0 Å². The summed E-state index contributed by atoms with van der Waals surface area (Å²) < 4.78 is 1.88. The van der Waals surface area contributed by atoms with Crippen LogP contribution in [0.2, 0.25) is 0 Å². The van der Waals surface area contributed by atoms with E-state index in [-0.39, 0.29) is 5.12 Å². The van der Waals surface area contributed by atoms with E-state index in [1.165, 1.54) is 0 Å². The maximum absolute atomic E-state index is 12.3. The van der Waals surface area contributed by atoms with Crippen LogP contribution in [0.5, 0.6) is 0 Å². The molecule has 1 heterocycles. The largest absolute Gasteiger partial charge is 0.281 e. The van der Waals surface area contributed by atoms with Crippen molar-refractivity contribution in [2.24, 2.45) is 0 Å². The maximum Gasteiger partial charge on any atom is 0.227 e. The fourth-order valence-corrected chi connectivity index (χ4v) is 2.83. The molecule has 0 fully saturated rings. The first-order valence-electron chi connectivity index (χ1n) is 6.50. The molecule has 0 aliphatic rings. The number of thioether (sulfide) groups is 1. The van der Waals surface area contributed by atoms with Crippen molar-refractivity contribution >= 4 is 16.9 Å². The van der Waals surface area contributed by atoms with Crippen molar-refractivity contribution in [1.29, 1.82) is 0 Å². The van der Waals surface area contributed by atoms with Crippen LogP contribution in [0.3, 0.4) is 0 Å². The van der Waals surface area contributed by atoms with Gasteiger partial charge in [0.25, 0.3) is 0 Å². The van der Waals surface area contributed by atoms with Gasteiger partial charge in [0.15, 0.2) is 0 Å². The summed E-state index contributed by atoms with van der Waals surface area (Å²) in [5.41, 5.74) is 1.60. The maximum atomic E-state index is 12.3. The predicted molar refractivity (Wildman–Crippen MR) is 82.7 cm³/mol. The lowest BCUT2D eigenvalue weighted by molar-refractivity contribution is 0.108. The summed E-state index contributed by atoms with van der Waals surface area (Å²) in [5, 5.41) is 8.73. The molecule has 4 nitrogen and oxygen atoms in total.